The fourth-order valence-corrected chi connectivity index (χ4v) is 2.92. The van der Waals surface area contributed by atoms with Crippen LogP contribution in [0.25, 0.3) is 17.0 Å². The summed E-state index contributed by atoms with van der Waals surface area (Å²) in [4.78, 5) is 11.6. The van der Waals surface area contributed by atoms with Gasteiger partial charge >= 0.3 is 0 Å². The molecule has 1 aliphatic heterocycles. The van der Waals surface area contributed by atoms with Gasteiger partial charge in [-0.05, 0) is 6.92 Å². The number of ether oxygens (including phenoxy) is 1. The summed E-state index contributed by atoms with van der Waals surface area (Å²) in [6, 6.07) is 12.4. The van der Waals surface area contributed by atoms with Crippen LogP contribution in [0.15, 0.2) is 42.6 Å². The van der Waals surface area contributed by atoms with E-state index in [9.17, 15) is 0 Å². The predicted molar refractivity (Wildman–Crippen MR) is 86.2 cm³/mol. The Morgan fingerprint density at radius 3 is 2.64 bits per heavy atom. The molecule has 1 aliphatic rings. The number of hydrogen-bond acceptors (Lipinski definition) is 4. The SMILES string of the molecule is Cc1cc(N2CCOCC2)nc2cnc(-c3ccccc3)n12. The van der Waals surface area contributed by atoms with E-state index >= 15 is 0 Å². The maximum Gasteiger partial charge on any atom is 0.159 e. The van der Waals surface area contributed by atoms with Crippen molar-refractivity contribution in [1.29, 1.82) is 0 Å². The first-order chi connectivity index (χ1) is 10.8. The maximum absolute atomic E-state index is 5.41. The van der Waals surface area contributed by atoms with E-state index in [1.165, 1.54) is 0 Å². The zero-order valence-electron chi connectivity index (χ0n) is 12.6. The number of aromatic nitrogens is 3. The number of aryl methyl sites for hydroxylation is 1. The van der Waals surface area contributed by atoms with E-state index in [1.54, 1.807) is 0 Å². The van der Waals surface area contributed by atoms with Gasteiger partial charge in [0.1, 0.15) is 11.6 Å². The summed E-state index contributed by atoms with van der Waals surface area (Å²) in [6.07, 6.45) is 1.85. The van der Waals surface area contributed by atoms with Gasteiger partial charge in [0.25, 0.3) is 0 Å². The van der Waals surface area contributed by atoms with Crippen molar-refractivity contribution in [1.82, 2.24) is 14.4 Å². The van der Waals surface area contributed by atoms with E-state index in [4.69, 9.17) is 9.72 Å². The van der Waals surface area contributed by atoms with Gasteiger partial charge in [-0.1, -0.05) is 30.3 Å². The lowest BCUT2D eigenvalue weighted by Crippen LogP contribution is -2.36. The van der Waals surface area contributed by atoms with Crippen LogP contribution in [0.2, 0.25) is 0 Å². The smallest absolute Gasteiger partial charge is 0.159 e. The van der Waals surface area contributed by atoms with E-state index in [1.807, 2.05) is 24.4 Å². The van der Waals surface area contributed by atoms with Gasteiger partial charge in [0.15, 0.2) is 5.65 Å². The molecule has 0 atom stereocenters. The topological polar surface area (TPSA) is 42.7 Å². The number of rotatable bonds is 2. The third kappa shape index (κ3) is 2.23. The predicted octanol–water partition coefficient (Wildman–Crippen LogP) is 2.54. The van der Waals surface area contributed by atoms with Crippen molar-refractivity contribution in [2.45, 2.75) is 6.92 Å². The fourth-order valence-electron chi connectivity index (χ4n) is 2.92. The van der Waals surface area contributed by atoms with E-state index in [2.05, 4.69) is 39.4 Å². The highest BCUT2D eigenvalue weighted by atomic mass is 16.5. The summed E-state index contributed by atoms with van der Waals surface area (Å²) in [5.74, 6) is 1.95. The molecular formula is C17H18N4O. The molecule has 0 spiro atoms. The van der Waals surface area contributed by atoms with Crippen LogP contribution >= 0.6 is 0 Å². The molecule has 0 bridgehead atoms. The number of anilines is 1. The second kappa shape index (κ2) is 5.42. The largest absolute Gasteiger partial charge is 0.378 e. The average Bonchev–Trinajstić information content (AvgIpc) is 3.01. The quantitative estimate of drug-likeness (QED) is 0.728. The molecule has 0 N–H and O–H groups in total. The van der Waals surface area contributed by atoms with Crippen molar-refractivity contribution >= 4 is 11.5 Å². The number of imidazole rings is 1. The molecule has 3 aromatic rings. The zero-order chi connectivity index (χ0) is 14.9. The van der Waals surface area contributed by atoms with Crippen LogP contribution in [-0.4, -0.2) is 40.7 Å². The van der Waals surface area contributed by atoms with Crippen LogP contribution in [0.5, 0.6) is 0 Å². The fraction of sp³-hybridized carbons (Fsp3) is 0.294. The van der Waals surface area contributed by atoms with Gasteiger partial charge < -0.3 is 9.64 Å². The van der Waals surface area contributed by atoms with Crippen LogP contribution in [0.3, 0.4) is 0 Å². The third-order valence-electron chi connectivity index (χ3n) is 4.03. The highest BCUT2D eigenvalue weighted by molar-refractivity contribution is 5.62. The van der Waals surface area contributed by atoms with Gasteiger partial charge in [-0.25, -0.2) is 9.97 Å². The van der Waals surface area contributed by atoms with Gasteiger partial charge in [0.2, 0.25) is 0 Å². The molecule has 4 rings (SSSR count). The van der Waals surface area contributed by atoms with Crippen LogP contribution in [-0.2, 0) is 4.74 Å². The van der Waals surface area contributed by atoms with Crippen molar-refractivity contribution in [3.8, 4) is 11.4 Å². The molecule has 112 valence electrons. The Bertz CT molecular complexity index is 791. The van der Waals surface area contributed by atoms with Crippen LogP contribution in [0.4, 0.5) is 5.82 Å². The second-order valence-electron chi connectivity index (χ2n) is 5.50. The first kappa shape index (κ1) is 13.3. The molecule has 1 aromatic carbocycles. The minimum Gasteiger partial charge on any atom is -0.378 e. The molecular weight excluding hydrogens is 276 g/mol. The number of morpholine rings is 1. The second-order valence-corrected chi connectivity index (χ2v) is 5.50. The first-order valence-corrected chi connectivity index (χ1v) is 7.56. The standard InChI is InChI=1S/C17H18N4O/c1-13-11-15(20-7-9-22-10-8-20)19-16-12-18-17(21(13)16)14-5-3-2-4-6-14/h2-6,11-12H,7-10H2,1H3. The zero-order valence-corrected chi connectivity index (χ0v) is 12.6. The number of nitrogens with zero attached hydrogens (tertiary/aromatic N) is 4. The summed E-state index contributed by atoms with van der Waals surface area (Å²) in [5, 5.41) is 0. The Hall–Kier alpha value is -2.40. The van der Waals surface area contributed by atoms with Gasteiger partial charge in [0.05, 0.1) is 19.4 Å². The summed E-state index contributed by atoms with van der Waals surface area (Å²) in [5.41, 5.74) is 3.13. The number of fused-ring (bicyclic) bond motifs is 1. The highest BCUT2D eigenvalue weighted by Crippen LogP contribution is 2.23. The molecule has 3 heterocycles. The minimum absolute atomic E-state index is 0.764. The van der Waals surface area contributed by atoms with E-state index in [-0.39, 0.29) is 0 Å². The Morgan fingerprint density at radius 2 is 1.86 bits per heavy atom. The van der Waals surface area contributed by atoms with Crippen molar-refractivity contribution in [2.75, 3.05) is 31.2 Å². The average molecular weight is 294 g/mol. The van der Waals surface area contributed by atoms with Gasteiger partial charge in [0, 0.05) is 30.4 Å². The Morgan fingerprint density at radius 1 is 1.09 bits per heavy atom. The van der Waals surface area contributed by atoms with Crippen molar-refractivity contribution < 1.29 is 4.74 Å². The van der Waals surface area contributed by atoms with Crippen LogP contribution < -0.4 is 4.90 Å². The van der Waals surface area contributed by atoms with E-state index < -0.39 is 0 Å². The van der Waals surface area contributed by atoms with Gasteiger partial charge in [-0.15, -0.1) is 0 Å². The summed E-state index contributed by atoms with van der Waals surface area (Å²) in [7, 11) is 0. The summed E-state index contributed by atoms with van der Waals surface area (Å²) < 4.78 is 7.52. The lowest BCUT2D eigenvalue weighted by molar-refractivity contribution is 0.122. The van der Waals surface area contributed by atoms with Crippen molar-refractivity contribution in [3.63, 3.8) is 0 Å². The lowest BCUT2D eigenvalue weighted by Gasteiger charge is -2.28. The van der Waals surface area contributed by atoms with Gasteiger partial charge in [-0.2, -0.15) is 0 Å². The third-order valence-corrected chi connectivity index (χ3v) is 4.03. The molecule has 2 aromatic heterocycles. The molecule has 0 aliphatic carbocycles. The van der Waals surface area contributed by atoms with Crippen molar-refractivity contribution in [2.24, 2.45) is 0 Å². The Labute approximate surface area is 129 Å². The first-order valence-electron chi connectivity index (χ1n) is 7.56. The molecule has 1 fully saturated rings. The van der Waals surface area contributed by atoms with Crippen molar-refractivity contribution in [3.05, 3.63) is 48.3 Å². The number of hydrogen-bond donors (Lipinski definition) is 0. The summed E-state index contributed by atoms with van der Waals surface area (Å²) in [6.45, 7) is 5.41. The van der Waals surface area contributed by atoms with Gasteiger partial charge in [-0.3, -0.25) is 4.40 Å². The Balaban J connectivity index is 1.80. The monoisotopic (exact) mass is 294 g/mol. The van der Waals surface area contributed by atoms with Crippen LogP contribution in [0.1, 0.15) is 5.69 Å². The number of benzene rings is 1. The molecule has 0 saturated carbocycles. The summed E-state index contributed by atoms with van der Waals surface area (Å²) >= 11 is 0. The normalized spacial score (nSPS) is 15.4. The van der Waals surface area contributed by atoms with E-state index in [0.717, 1.165) is 54.9 Å². The molecule has 0 radical (unpaired) electrons. The lowest BCUT2D eigenvalue weighted by atomic mass is 10.2. The molecule has 22 heavy (non-hydrogen) atoms. The molecule has 0 unspecified atom stereocenters. The highest BCUT2D eigenvalue weighted by Gasteiger charge is 2.16. The molecule has 1 saturated heterocycles. The minimum atomic E-state index is 0.764. The molecule has 5 heteroatoms. The van der Waals surface area contributed by atoms with Crippen LogP contribution in [0, 0.1) is 6.92 Å². The maximum atomic E-state index is 5.41. The molecule has 5 nitrogen and oxygen atoms in total. The Kier molecular flexibility index (Phi) is 3.27. The van der Waals surface area contributed by atoms with E-state index in [0.29, 0.717) is 0 Å². The molecule has 0 amide bonds.